The summed E-state index contributed by atoms with van der Waals surface area (Å²) in [7, 11) is 0. The molecule has 6 heteroatoms. The number of halogens is 1. The molecule has 0 radical (unpaired) electrons. The third-order valence-electron chi connectivity index (χ3n) is 6.91. The molecule has 1 saturated carbocycles. The molecule has 3 N–H and O–H groups in total. The number of benzene rings is 3. The van der Waals surface area contributed by atoms with E-state index in [4.69, 9.17) is 11.6 Å². The van der Waals surface area contributed by atoms with Gasteiger partial charge in [-0.1, -0.05) is 72.3 Å². The Balaban J connectivity index is 1.26. The van der Waals surface area contributed by atoms with Gasteiger partial charge in [-0.2, -0.15) is 0 Å². The van der Waals surface area contributed by atoms with Gasteiger partial charge in [0.25, 0.3) is 0 Å². The molecule has 5 rings (SSSR count). The Morgan fingerprint density at radius 2 is 1.69 bits per heavy atom. The van der Waals surface area contributed by atoms with E-state index < -0.39 is 12.2 Å². The average Bonchev–Trinajstić information content (AvgIpc) is 3.66. The number of hydrogen-bond donors (Lipinski definition) is 3. The van der Waals surface area contributed by atoms with Crippen molar-refractivity contribution in [1.82, 2.24) is 10.3 Å². The molecule has 1 aliphatic rings. The lowest BCUT2D eigenvalue weighted by Gasteiger charge is -2.20. The van der Waals surface area contributed by atoms with Crippen molar-refractivity contribution in [2.24, 2.45) is 0 Å². The molecule has 178 valence electrons. The lowest BCUT2D eigenvalue weighted by atomic mass is 9.95. The molecule has 4 aromatic rings. The highest BCUT2D eigenvalue weighted by Gasteiger charge is 2.44. The number of aliphatic carboxylic acids is 1. The summed E-state index contributed by atoms with van der Waals surface area (Å²) in [5, 5.41) is 25.8. The van der Waals surface area contributed by atoms with E-state index in [9.17, 15) is 15.0 Å². The van der Waals surface area contributed by atoms with Gasteiger partial charge >= 0.3 is 5.97 Å². The van der Waals surface area contributed by atoms with Crippen LogP contribution in [0.5, 0.6) is 0 Å². The topological polar surface area (TPSA) is 82.5 Å². The van der Waals surface area contributed by atoms with Gasteiger partial charge in [-0.25, -0.2) is 0 Å². The zero-order valence-corrected chi connectivity index (χ0v) is 20.0. The number of aromatic nitrogens is 1. The summed E-state index contributed by atoms with van der Waals surface area (Å²) in [5.74, 6) is -0.867. The summed E-state index contributed by atoms with van der Waals surface area (Å²) in [6.07, 6.45) is 3.69. The fourth-order valence-corrected chi connectivity index (χ4v) is 4.82. The summed E-state index contributed by atoms with van der Waals surface area (Å²) >= 11 is 6.03. The lowest BCUT2D eigenvalue weighted by molar-refractivity contribution is -0.136. The zero-order chi connectivity index (χ0) is 24.4. The molecule has 0 saturated heterocycles. The number of carboxylic acid groups (broad SMARTS) is 1. The lowest BCUT2D eigenvalue weighted by Crippen LogP contribution is -2.30. The van der Waals surface area contributed by atoms with Crippen molar-refractivity contribution in [3.8, 4) is 0 Å². The predicted octanol–water partition coefficient (Wildman–Crippen LogP) is 5.42. The van der Waals surface area contributed by atoms with Crippen LogP contribution in [0, 0.1) is 0 Å². The van der Waals surface area contributed by atoms with E-state index >= 15 is 0 Å². The molecule has 1 unspecified atom stereocenters. The molecule has 5 nitrogen and oxygen atoms in total. The van der Waals surface area contributed by atoms with Crippen LogP contribution >= 0.6 is 11.6 Å². The Hall–Kier alpha value is -3.25. The van der Waals surface area contributed by atoms with Gasteiger partial charge < -0.3 is 10.2 Å². The Kier molecular flexibility index (Phi) is 6.56. The van der Waals surface area contributed by atoms with Crippen LogP contribution in [0.1, 0.15) is 47.0 Å². The summed E-state index contributed by atoms with van der Waals surface area (Å²) < 4.78 is 0. The normalized spacial score (nSPS) is 15.1. The number of aliphatic hydroxyl groups excluding tert-OH is 1. The van der Waals surface area contributed by atoms with Gasteiger partial charge in [0.05, 0.1) is 12.1 Å². The van der Waals surface area contributed by atoms with Crippen molar-refractivity contribution >= 4 is 28.3 Å². The number of fused-ring (bicyclic) bond motifs is 1. The minimum absolute atomic E-state index is 0.0489. The second kappa shape index (κ2) is 9.78. The first-order valence-electron chi connectivity index (χ1n) is 11.8. The Labute approximate surface area is 209 Å². The number of nitrogens with one attached hydrogen (secondary N) is 1. The van der Waals surface area contributed by atoms with Gasteiger partial charge in [-0.3, -0.25) is 15.1 Å². The van der Waals surface area contributed by atoms with Crippen LogP contribution in [-0.2, 0) is 23.1 Å². The maximum absolute atomic E-state index is 11.2. The third-order valence-corrected chi connectivity index (χ3v) is 7.16. The number of hydrogen-bond acceptors (Lipinski definition) is 4. The van der Waals surface area contributed by atoms with Gasteiger partial charge in [0.15, 0.2) is 0 Å². The van der Waals surface area contributed by atoms with E-state index in [0.29, 0.717) is 18.5 Å². The van der Waals surface area contributed by atoms with Crippen molar-refractivity contribution < 1.29 is 15.0 Å². The number of aliphatic hydroxyl groups is 1. The smallest absolute Gasteiger partial charge is 0.307 e. The first-order chi connectivity index (χ1) is 16.9. The second-order valence-electron chi connectivity index (χ2n) is 9.34. The number of nitrogens with zero attached hydrogens (tertiary/aromatic N) is 1. The summed E-state index contributed by atoms with van der Waals surface area (Å²) in [6, 6.07) is 23.7. The predicted molar refractivity (Wildman–Crippen MR) is 138 cm³/mol. The van der Waals surface area contributed by atoms with E-state index in [-0.39, 0.29) is 11.8 Å². The highest BCUT2D eigenvalue weighted by atomic mass is 35.5. The van der Waals surface area contributed by atoms with E-state index in [1.54, 1.807) is 6.20 Å². The summed E-state index contributed by atoms with van der Waals surface area (Å²) in [6.45, 7) is 0.705. The van der Waals surface area contributed by atoms with Crippen LogP contribution in [0.15, 0.2) is 79.0 Å². The first-order valence-corrected chi connectivity index (χ1v) is 12.1. The van der Waals surface area contributed by atoms with Crippen molar-refractivity contribution in [3.05, 3.63) is 112 Å². The molecule has 0 bridgehead atoms. The Morgan fingerprint density at radius 3 is 2.34 bits per heavy atom. The Bertz CT molecular complexity index is 1350. The molecular formula is C29H27ClN2O3. The van der Waals surface area contributed by atoms with E-state index in [1.165, 1.54) is 5.56 Å². The van der Waals surface area contributed by atoms with Crippen LogP contribution in [0.3, 0.4) is 0 Å². The highest BCUT2D eigenvalue weighted by Crippen LogP contribution is 2.48. The van der Waals surface area contributed by atoms with Crippen LogP contribution in [0.4, 0.5) is 0 Å². The molecule has 1 aliphatic carbocycles. The molecule has 1 heterocycles. The molecule has 0 spiro atoms. The fraction of sp³-hybridized carbons (Fsp3) is 0.241. The van der Waals surface area contributed by atoms with Crippen molar-refractivity contribution in [2.75, 3.05) is 6.54 Å². The maximum Gasteiger partial charge on any atom is 0.307 e. The molecular weight excluding hydrogens is 460 g/mol. The minimum Gasteiger partial charge on any atom is -0.481 e. The highest BCUT2D eigenvalue weighted by molar-refractivity contribution is 6.30. The standard InChI is InChI=1S/C29H27ClN2O3/c30-23-11-9-22(10-12-23)29(13-14-29)18-32-28(35)20-7-5-19(6-8-20)15-26-25-4-2-1-3-24(25)21(17-31-26)16-27(33)34/h1-12,17,28,32,35H,13-16,18H2,(H,33,34). The van der Waals surface area contributed by atoms with E-state index in [2.05, 4.69) is 22.4 Å². The van der Waals surface area contributed by atoms with E-state index in [0.717, 1.165) is 45.5 Å². The summed E-state index contributed by atoms with van der Waals surface area (Å²) in [5.41, 5.74) is 4.84. The summed E-state index contributed by atoms with van der Waals surface area (Å²) in [4.78, 5) is 15.8. The molecule has 0 amide bonds. The van der Waals surface area contributed by atoms with Gasteiger partial charge in [-0.15, -0.1) is 0 Å². The van der Waals surface area contributed by atoms with Crippen LogP contribution in [0.25, 0.3) is 10.8 Å². The van der Waals surface area contributed by atoms with E-state index in [1.807, 2.05) is 60.7 Å². The van der Waals surface area contributed by atoms with Crippen molar-refractivity contribution in [3.63, 3.8) is 0 Å². The Morgan fingerprint density at radius 1 is 1.00 bits per heavy atom. The SMILES string of the molecule is O=C(O)Cc1cnc(Cc2ccc(C(O)NCC3(c4ccc(Cl)cc4)CC3)cc2)c2ccccc12. The zero-order valence-electron chi connectivity index (χ0n) is 19.2. The molecule has 1 aromatic heterocycles. The largest absolute Gasteiger partial charge is 0.481 e. The fourth-order valence-electron chi connectivity index (χ4n) is 4.70. The quantitative estimate of drug-likeness (QED) is 0.275. The maximum atomic E-state index is 11.2. The van der Waals surface area contributed by atoms with Gasteiger partial charge in [0, 0.05) is 35.0 Å². The van der Waals surface area contributed by atoms with Crippen LogP contribution < -0.4 is 5.32 Å². The van der Waals surface area contributed by atoms with Crippen molar-refractivity contribution in [1.29, 1.82) is 0 Å². The van der Waals surface area contributed by atoms with Gasteiger partial charge in [0.1, 0.15) is 6.23 Å². The molecule has 1 fully saturated rings. The number of rotatable bonds is 9. The van der Waals surface area contributed by atoms with Crippen molar-refractivity contribution in [2.45, 2.75) is 37.3 Å². The molecule has 3 aromatic carbocycles. The van der Waals surface area contributed by atoms with Crippen LogP contribution in [0.2, 0.25) is 5.02 Å². The number of carbonyl (C=O) groups is 1. The van der Waals surface area contributed by atoms with Crippen LogP contribution in [-0.4, -0.2) is 27.7 Å². The molecule has 0 aliphatic heterocycles. The minimum atomic E-state index is -0.867. The average molecular weight is 487 g/mol. The number of carboxylic acids is 1. The molecule has 1 atom stereocenters. The second-order valence-corrected chi connectivity index (χ2v) is 9.77. The van der Waals surface area contributed by atoms with Gasteiger partial charge in [-0.05, 0) is 52.6 Å². The monoisotopic (exact) mass is 486 g/mol. The third kappa shape index (κ3) is 5.22. The first kappa shape index (κ1) is 23.5. The number of pyridine rings is 1. The van der Waals surface area contributed by atoms with Gasteiger partial charge in [0.2, 0.25) is 0 Å². The molecule has 35 heavy (non-hydrogen) atoms.